The number of rotatable bonds is 6. The van der Waals surface area contributed by atoms with Crippen molar-refractivity contribution in [2.45, 2.75) is 12.8 Å². The van der Waals surface area contributed by atoms with Gasteiger partial charge in [0.05, 0.1) is 18.9 Å². The SMILES string of the molecule is COC(=O)c1cc(NC(=O)CCc2ncc(-c3ccccc3)o2)ccc1F. The predicted octanol–water partition coefficient (Wildman–Crippen LogP) is 3.84. The molecule has 3 rings (SSSR count). The number of carbonyl (C=O) groups excluding carboxylic acids is 2. The number of benzene rings is 2. The van der Waals surface area contributed by atoms with Gasteiger partial charge in [-0.05, 0) is 18.2 Å². The molecule has 1 aromatic heterocycles. The second-order valence-electron chi connectivity index (χ2n) is 5.72. The van der Waals surface area contributed by atoms with E-state index in [1.54, 1.807) is 6.20 Å². The van der Waals surface area contributed by atoms with Crippen molar-refractivity contribution >= 4 is 17.6 Å². The summed E-state index contributed by atoms with van der Waals surface area (Å²) < 4.78 is 23.8. The minimum Gasteiger partial charge on any atom is -0.465 e. The van der Waals surface area contributed by atoms with Crippen LogP contribution in [0.1, 0.15) is 22.7 Å². The summed E-state index contributed by atoms with van der Waals surface area (Å²) in [6.07, 6.45) is 2.05. The number of halogens is 1. The quantitative estimate of drug-likeness (QED) is 0.669. The van der Waals surface area contributed by atoms with E-state index in [9.17, 15) is 14.0 Å². The fraction of sp³-hybridized carbons (Fsp3) is 0.150. The molecule has 27 heavy (non-hydrogen) atoms. The molecule has 0 saturated carbocycles. The Labute approximate surface area is 155 Å². The number of esters is 1. The standard InChI is InChI=1S/C20H17FN2O4/c1-26-20(25)15-11-14(7-8-16(15)21)23-18(24)9-10-19-22-12-17(27-19)13-5-3-2-4-6-13/h2-8,11-12H,9-10H2,1H3,(H,23,24). The molecule has 1 heterocycles. The van der Waals surface area contributed by atoms with Gasteiger partial charge in [0, 0.05) is 24.1 Å². The smallest absolute Gasteiger partial charge is 0.340 e. The summed E-state index contributed by atoms with van der Waals surface area (Å²) >= 11 is 0. The Morgan fingerprint density at radius 2 is 1.96 bits per heavy atom. The molecule has 138 valence electrons. The number of anilines is 1. The molecule has 0 aliphatic heterocycles. The molecule has 0 radical (unpaired) electrons. The van der Waals surface area contributed by atoms with Crippen LogP contribution in [0.15, 0.2) is 59.1 Å². The summed E-state index contributed by atoms with van der Waals surface area (Å²) in [6.45, 7) is 0. The average Bonchev–Trinajstić information content (AvgIpc) is 3.17. The fourth-order valence-corrected chi connectivity index (χ4v) is 2.48. The number of aromatic nitrogens is 1. The Hall–Kier alpha value is -3.48. The summed E-state index contributed by atoms with van der Waals surface area (Å²) in [6, 6.07) is 13.2. The van der Waals surface area contributed by atoms with Gasteiger partial charge in [-0.1, -0.05) is 30.3 Å². The van der Waals surface area contributed by atoms with Crippen LogP contribution >= 0.6 is 0 Å². The highest BCUT2D eigenvalue weighted by Crippen LogP contribution is 2.20. The van der Waals surface area contributed by atoms with Crippen molar-refractivity contribution in [1.29, 1.82) is 0 Å². The molecule has 1 amide bonds. The van der Waals surface area contributed by atoms with Gasteiger partial charge < -0.3 is 14.5 Å². The molecule has 0 unspecified atom stereocenters. The second-order valence-corrected chi connectivity index (χ2v) is 5.72. The van der Waals surface area contributed by atoms with Crippen LogP contribution in [0, 0.1) is 5.82 Å². The van der Waals surface area contributed by atoms with Crippen LogP contribution in [0.3, 0.4) is 0 Å². The first kappa shape index (κ1) is 18.3. The third-order valence-corrected chi connectivity index (χ3v) is 3.83. The average molecular weight is 368 g/mol. The van der Waals surface area contributed by atoms with E-state index in [4.69, 9.17) is 4.42 Å². The summed E-state index contributed by atoms with van der Waals surface area (Å²) in [4.78, 5) is 27.8. The van der Waals surface area contributed by atoms with Crippen molar-refractivity contribution < 1.29 is 23.1 Å². The number of nitrogens with zero attached hydrogens (tertiary/aromatic N) is 1. The van der Waals surface area contributed by atoms with Crippen molar-refractivity contribution in [2.24, 2.45) is 0 Å². The lowest BCUT2D eigenvalue weighted by molar-refractivity contribution is -0.116. The van der Waals surface area contributed by atoms with E-state index in [1.165, 1.54) is 12.1 Å². The number of hydrogen-bond acceptors (Lipinski definition) is 5. The Balaban J connectivity index is 1.59. The van der Waals surface area contributed by atoms with Gasteiger partial charge in [-0.2, -0.15) is 0 Å². The van der Waals surface area contributed by atoms with Crippen LogP contribution < -0.4 is 5.32 Å². The topological polar surface area (TPSA) is 81.4 Å². The summed E-state index contributed by atoms with van der Waals surface area (Å²) in [7, 11) is 1.16. The van der Waals surface area contributed by atoms with Crippen molar-refractivity contribution in [3.8, 4) is 11.3 Å². The molecule has 0 spiro atoms. The number of ether oxygens (including phenoxy) is 1. The number of carbonyl (C=O) groups is 2. The molecule has 0 aliphatic carbocycles. The molecular weight excluding hydrogens is 351 g/mol. The van der Waals surface area contributed by atoms with E-state index in [0.717, 1.165) is 18.7 Å². The fourth-order valence-electron chi connectivity index (χ4n) is 2.48. The van der Waals surface area contributed by atoms with Crippen molar-refractivity contribution in [3.63, 3.8) is 0 Å². The molecule has 1 N–H and O–H groups in total. The van der Waals surface area contributed by atoms with Crippen LogP contribution in [0.2, 0.25) is 0 Å². The van der Waals surface area contributed by atoms with Gasteiger partial charge in [0.1, 0.15) is 5.82 Å². The molecule has 0 bridgehead atoms. The van der Waals surface area contributed by atoms with Crippen molar-refractivity contribution in [1.82, 2.24) is 4.98 Å². The Kier molecular flexibility index (Phi) is 5.61. The zero-order valence-electron chi connectivity index (χ0n) is 14.6. The first-order valence-corrected chi connectivity index (χ1v) is 8.24. The van der Waals surface area contributed by atoms with Crippen molar-refractivity contribution in [3.05, 3.63) is 72.0 Å². The maximum Gasteiger partial charge on any atom is 0.340 e. The first-order valence-electron chi connectivity index (χ1n) is 8.24. The monoisotopic (exact) mass is 368 g/mol. The molecular formula is C20H17FN2O4. The molecule has 0 saturated heterocycles. The maximum atomic E-state index is 13.6. The summed E-state index contributed by atoms with van der Waals surface area (Å²) in [5.41, 5.74) is 0.969. The molecule has 0 fully saturated rings. The lowest BCUT2D eigenvalue weighted by atomic mass is 10.2. The van der Waals surface area contributed by atoms with Crippen LogP contribution in [-0.2, 0) is 16.0 Å². The molecule has 0 atom stereocenters. The van der Waals surface area contributed by atoms with Crippen LogP contribution in [0.4, 0.5) is 10.1 Å². The van der Waals surface area contributed by atoms with Crippen LogP contribution in [-0.4, -0.2) is 24.0 Å². The molecule has 2 aromatic carbocycles. The summed E-state index contributed by atoms with van der Waals surface area (Å²) in [5, 5.41) is 2.61. The third-order valence-electron chi connectivity index (χ3n) is 3.83. The van der Waals surface area contributed by atoms with E-state index in [2.05, 4.69) is 15.0 Å². The van der Waals surface area contributed by atoms with E-state index < -0.39 is 11.8 Å². The minimum atomic E-state index is -0.808. The Morgan fingerprint density at radius 1 is 1.19 bits per heavy atom. The van der Waals surface area contributed by atoms with Gasteiger partial charge in [0.2, 0.25) is 5.91 Å². The van der Waals surface area contributed by atoms with Crippen molar-refractivity contribution in [2.75, 3.05) is 12.4 Å². The molecule has 3 aromatic rings. The zero-order valence-corrected chi connectivity index (χ0v) is 14.6. The van der Waals surface area contributed by atoms with E-state index >= 15 is 0 Å². The van der Waals surface area contributed by atoms with Crippen LogP contribution in [0.5, 0.6) is 0 Å². The Morgan fingerprint density at radius 3 is 2.70 bits per heavy atom. The molecule has 0 aliphatic rings. The van der Waals surface area contributed by atoms with Gasteiger partial charge in [-0.3, -0.25) is 4.79 Å². The normalized spacial score (nSPS) is 10.4. The Bertz CT molecular complexity index is 954. The lowest BCUT2D eigenvalue weighted by Crippen LogP contribution is -2.13. The molecule has 7 heteroatoms. The lowest BCUT2D eigenvalue weighted by Gasteiger charge is -2.07. The number of amides is 1. The van der Waals surface area contributed by atoms with Gasteiger partial charge in [-0.15, -0.1) is 0 Å². The van der Waals surface area contributed by atoms with Gasteiger partial charge in [0.15, 0.2) is 11.7 Å². The van der Waals surface area contributed by atoms with Gasteiger partial charge in [0.25, 0.3) is 0 Å². The summed E-state index contributed by atoms with van der Waals surface area (Å²) in [5.74, 6) is -0.757. The minimum absolute atomic E-state index is 0.125. The van der Waals surface area contributed by atoms with E-state index in [1.807, 2.05) is 30.3 Å². The number of nitrogens with one attached hydrogen (secondary N) is 1. The van der Waals surface area contributed by atoms with Gasteiger partial charge >= 0.3 is 5.97 Å². The second kappa shape index (κ2) is 8.27. The zero-order chi connectivity index (χ0) is 19.2. The highest BCUT2D eigenvalue weighted by atomic mass is 19.1. The largest absolute Gasteiger partial charge is 0.465 e. The highest BCUT2D eigenvalue weighted by molar-refractivity contribution is 5.94. The molecule has 6 nitrogen and oxygen atoms in total. The first-order chi connectivity index (χ1) is 13.1. The number of oxazole rings is 1. The maximum absolute atomic E-state index is 13.6. The third kappa shape index (κ3) is 4.58. The van der Waals surface area contributed by atoms with E-state index in [0.29, 0.717) is 23.8 Å². The van der Waals surface area contributed by atoms with Crippen LogP contribution in [0.25, 0.3) is 11.3 Å². The highest BCUT2D eigenvalue weighted by Gasteiger charge is 2.14. The number of methoxy groups -OCH3 is 1. The van der Waals surface area contributed by atoms with E-state index in [-0.39, 0.29) is 17.9 Å². The number of aryl methyl sites for hydroxylation is 1. The number of hydrogen-bond donors (Lipinski definition) is 1. The van der Waals surface area contributed by atoms with Gasteiger partial charge in [-0.25, -0.2) is 14.2 Å². The predicted molar refractivity (Wildman–Crippen MR) is 96.6 cm³/mol.